The molecule has 1 unspecified atom stereocenters. The van der Waals surface area contributed by atoms with Gasteiger partial charge in [-0.25, -0.2) is 0 Å². The van der Waals surface area contributed by atoms with Crippen LogP contribution in [-0.4, -0.2) is 29.6 Å². The van der Waals surface area contributed by atoms with Crippen molar-refractivity contribution >= 4 is 11.9 Å². The summed E-state index contributed by atoms with van der Waals surface area (Å²) in [5.74, 6) is -1.83. The van der Waals surface area contributed by atoms with Gasteiger partial charge in [0.05, 0.1) is 0 Å². The van der Waals surface area contributed by atoms with E-state index in [9.17, 15) is 9.59 Å². The molecular weight excluding hydrogens is 222 g/mol. The lowest BCUT2D eigenvalue weighted by Gasteiger charge is -2.08. The monoisotopic (exact) mass is 239 g/mol. The first-order valence-electron chi connectivity index (χ1n) is 5.40. The van der Waals surface area contributed by atoms with Gasteiger partial charge in [0.15, 0.2) is 0 Å². The number of amides is 1. The van der Waals surface area contributed by atoms with Gasteiger partial charge in [-0.15, -0.1) is 0 Å². The molecule has 0 heterocycles. The van der Waals surface area contributed by atoms with Gasteiger partial charge in [-0.3, -0.25) is 9.59 Å². The van der Waals surface area contributed by atoms with Crippen LogP contribution < -0.4 is 10.6 Å². The number of carbonyl (C=O) groups excluding carboxylic acids is 1. The van der Waals surface area contributed by atoms with Crippen LogP contribution in [0.4, 0.5) is 0 Å². The number of aliphatic carboxylic acids is 1. The Morgan fingerprint density at radius 1 is 1.53 bits per heavy atom. The van der Waals surface area contributed by atoms with Crippen LogP contribution in [0.15, 0.2) is 11.8 Å². The largest absolute Gasteiger partial charge is 0.480 e. The number of unbranched alkanes of at least 4 members (excludes halogenated alkanes) is 1. The fourth-order valence-corrected chi connectivity index (χ4v) is 0.938. The van der Waals surface area contributed by atoms with Crippen molar-refractivity contribution in [2.75, 3.05) is 6.54 Å². The second-order valence-electron chi connectivity index (χ2n) is 3.51. The van der Waals surface area contributed by atoms with E-state index in [1.807, 2.05) is 6.92 Å². The average Bonchev–Trinajstić information content (AvgIpc) is 2.28. The first-order chi connectivity index (χ1) is 8.02. The third-order valence-corrected chi connectivity index (χ3v) is 2.00. The first kappa shape index (κ1) is 15.0. The quantitative estimate of drug-likeness (QED) is 0.338. The maximum Gasteiger partial charge on any atom is 0.325 e. The maximum absolute atomic E-state index is 11.4. The lowest BCUT2D eigenvalue weighted by atomic mass is 10.2. The number of nitriles is 1. The van der Waals surface area contributed by atoms with Gasteiger partial charge < -0.3 is 15.7 Å². The predicted molar refractivity (Wildman–Crippen MR) is 61.8 cm³/mol. The molecule has 1 atom stereocenters. The molecule has 1 amide bonds. The Kier molecular flexibility index (Phi) is 7.19. The summed E-state index contributed by atoms with van der Waals surface area (Å²) in [6, 6.07) is 0.698. The van der Waals surface area contributed by atoms with E-state index in [0.717, 1.165) is 12.8 Å². The van der Waals surface area contributed by atoms with Gasteiger partial charge in [-0.1, -0.05) is 13.3 Å². The number of carbonyl (C=O) groups is 2. The highest BCUT2D eigenvalue weighted by molar-refractivity contribution is 5.98. The first-order valence-corrected chi connectivity index (χ1v) is 5.40. The Morgan fingerprint density at radius 3 is 2.65 bits per heavy atom. The van der Waals surface area contributed by atoms with E-state index in [2.05, 4.69) is 10.6 Å². The number of hydrogen-bond acceptors (Lipinski definition) is 4. The molecule has 0 radical (unpaired) electrons. The Balaban J connectivity index is 4.31. The van der Waals surface area contributed by atoms with Crippen molar-refractivity contribution in [3.05, 3.63) is 11.8 Å². The second kappa shape index (κ2) is 8.16. The number of carboxylic acid groups (broad SMARTS) is 1. The molecule has 0 bridgehead atoms. The lowest BCUT2D eigenvalue weighted by molar-refractivity contribution is -0.140. The van der Waals surface area contributed by atoms with Gasteiger partial charge in [0.1, 0.15) is 17.7 Å². The van der Waals surface area contributed by atoms with Gasteiger partial charge >= 0.3 is 5.97 Å². The van der Waals surface area contributed by atoms with Crippen molar-refractivity contribution in [2.24, 2.45) is 0 Å². The van der Waals surface area contributed by atoms with Crippen molar-refractivity contribution in [2.45, 2.75) is 32.7 Å². The predicted octanol–water partition coefficient (Wildman–Crippen LogP) is 0.373. The average molecular weight is 239 g/mol. The van der Waals surface area contributed by atoms with E-state index >= 15 is 0 Å². The lowest BCUT2D eigenvalue weighted by Crippen LogP contribution is -2.39. The summed E-state index contributed by atoms with van der Waals surface area (Å²) in [5.41, 5.74) is -0.130. The smallest absolute Gasteiger partial charge is 0.325 e. The molecule has 0 aliphatic heterocycles. The number of nitrogens with zero attached hydrogens (tertiary/aromatic N) is 1. The van der Waals surface area contributed by atoms with Crippen molar-refractivity contribution in [3.8, 4) is 6.07 Å². The summed E-state index contributed by atoms with van der Waals surface area (Å²) in [7, 11) is 0. The highest BCUT2D eigenvalue weighted by Crippen LogP contribution is 1.93. The number of rotatable bonds is 7. The van der Waals surface area contributed by atoms with Gasteiger partial charge in [0, 0.05) is 12.7 Å². The zero-order valence-electron chi connectivity index (χ0n) is 9.99. The molecular formula is C11H17N3O3. The van der Waals surface area contributed by atoms with Crippen LogP contribution in [0.25, 0.3) is 0 Å². The van der Waals surface area contributed by atoms with E-state index in [4.69, 9.17) is 10.4 Å². The molecule has 0 saturated carbocycles. The van der Waals surface area contributed by atoms with Crippen molar-refractivity contribution in [1.82, 2.24) is 10.6 Å². The zero-order chi connectivity index (χ0) is 13.3. The van der Waals surface area contributed by atoms with Crippen LogP contribution in [0.1, 0.15) is 26.7 Å². The Labute approximate surface area is 100 Å². The Morgan fingerprint density at radius 2 is 2.18 bits per heavy atom. The fourth-order valence-electron chi connectivity index (χ4n) is 0.938. The van der Waals surface area contributed by atoms with Gasteiger partial charge in [-0.05, 0) is 13.3 Å². The normalized spacial score (nSPS) is 12.4. The zero-order valence-corrected chi connectivity index (χ0v) is 9.99. The Bertz CT molecular complexity index is 344. The summed E-state index contributed by atoms with van der Waals surface area (Å²) in [6.45, 7) is 4.03. The highest BCUT2D eigenvalue weighted by atomic mass is 16.4. The van der Waals surface area contributed by atoms with Crippen molar-refractivity contribution in [1.29, 1.82) is 5.26 Å². The third-order valence-electron chi connectivity index (χ3n) is 2.00. The van der Waals surface area contributed by atoms with Crippen LogP contribution in [0.3, 0.4) is 0 Å². The van der Waals surface area contributed by atoms with E-state index in [1.165, 1.54) is 13.1 Å². The summed E-state index contributed by atoms with van der Waals surface area (Å²) in [4.78, 5) is 22.0. The van der Waals surface area contributed by atoms with E-state index in [0.29, 0.717) is 6.54 Å². The van der Waals surface area contributed by atoms with Gasteiger partial charge in [0.2, 0.25) is 0 Å². The van der Waals surface area contributed by atoms with E-state index in [-0.39, 0.29) is 5.57 Å². The molecule has 94 valence electrons. The third kappa shape index (κ3) is 6.20. The fraction of sp³-hybridized carbons (Fsp3) is 0.545. The summed E-state index contributed by atoms with van der Waals surface area (Å²) in [5, 5.41) is 22.4. The Hall–Kier alpha value is -2.03. The molecule has 0 aromatic heterocycles. The number of carboxylic acids is 1. The molecule has 6 heteroatoms. The molecule has 0 aliphatic rings. The van der Waals surface area contributed by atoms with Crippen LogP contribution in [0.5, 0.6) is 0 Å². The van der Waals surface area contributed by atoms with Crippen LogP contribution in [-0.2, 0) is 9.59 Å². The van der Waals surface area contributed by atoms with Gasteiger partial charge in [-0.2, -0.15) is 5.26 Å². The molecule has 0 saturated heterocycles. The molecule has 0 fully saturated rings. The molecule has 0 rings (SSSR count). The SMILES string of the molecule is CCCCN/C=C(/C#N)C(=O)NC(C)C(=O)O. The topological polar surface area (TPSA) is 102 Å². The summed E-state index contributed by atoms with van der Waals surface area (Å²) >= 11 is 0. The number of hydrogen-bond donors (Lipinski definition) is 3. The highest BCUT2D eigenvalue weighted by Gasteiger charge is 2.16. The van der Waals surface area contributed by atoms with Crippen LogP contribution >= 0.6 is 0 Å². The minimum atomic E-state index is -1.14. The minimum absolute atomic E-state index is 0.130. The summed E-state index contributed by atoms with van der Waals surface area (Å²) < 4.78 is 0. The van der Waals surface area contributed by atoms with Crippen molar-refractivity contribution in [3.63, 3.8) is 0 Å². The van der Waals surface area contributed by atoms with Gasteiger partial charge in [0.25, 0.3) is 5.91 Å². The maximum atomic E-state index is 11.4. The van der Waals surface area contributed by atoms with Crippen LogP contribution in [0, 0.1) is 11.3 Å². The number of nitrogens with one attached hydrogen (secondary N) is 2. The minimum Gasteiger partial charge on any atom is -0.480 e. The summed E-state index contributed by atoms with van der Waals surface area (Å²) in [6.07, 6.45) is 3.24. The molecule has 0 aromatic carbocycles. The molecule has 0 aromatic rings. The van der Waals surface area contributed by atoms with E-state index in [1.54, 1.807) is 6.07 Å². The van der Waals surface area contributed by atoms with E-state index < -0.39 is 17.9 Å². The standard InChI is InChI=1S/C11H17N3O3/c1-3-4-5-13-7-9(6-12)10(15)14-8(2)11(16)17/h7-8,13H,3-5H2,1-2H3,(H,14,15)(H,16,17)/b9-7-. The van der Waals surface area contributed by atoms with Crippen molar-refractivity contribution < 1.29 is 14.7 Å². The molecule has 0 spiro atoms. The van der Waals surface area contributed by atoms with Crippen LogP contribution in [0.2, 0.25) is 0 Å². The molecule has 17 heavy (non-hydrogen) atoms. The second-order valence-corrected chi connectivity index (χ2v) is 3.51. The molecule has 0 aliphatic carbocycles. The molecule has 6 nitrogen and oxygen atoms in total. The molecule has 3 N–H and O–H groups in total.